The minimum atomic E-state index is -3.43. The van der Waals surface area contributed by atoms with Gasteiger partial charge in [0.2, 0.25) is 15.9 Å². The Hall–Kier alpha value is -1.18. The SMILES string of the molecule is CNC1CCN(S(=O)(=O)c2ccc(OC)nc2)C1. The number of likely N-dealkylation sites (N-methyl/N-ethyl adjacent to an activating group) is 1. The van der Waals surface area contributed by atoms with E-state index in [-0.39, 0.29) is 10.9 Å². The second kappa shape index (κ2) is 5.21. The molecule has 0 aromatic carbocycles. The van der Waals surface area contributed by atoms with Crippen LogP contribution in [-0.2, 0) is 10.0 Å². The van der Waals surface area contributed by atoms with Gasteiger partial charge in [-0.1, -0.05) is 0 Å². The molecule has 1 aromatic heterocycles. The zero-order valence-electron chi connectivity index (χ0n) is 10.5. The molecule has 0 bridgehead atoms. The fraction of sp³-hybridized carbons (Fsp3) is 0.545. The highest BCUT2D eigenvalue weighted by molar-refractivity contribution is 7.89. The molecule has 18 heavy (non-hydrogen) atoms. The number of ether oxygens (including phenoxy) is 1. The smallest absolute Gasteiger partial charge is 0.244 e. The van der Waals surface area contributed by atoms with Gasteiger partial charge in [0.25, 0.3) is 0 Å². The Labute approximate surface area is 107 Å². The van der Waals surface area contributed by atoms with Crippen molar-refractivity contribution in [1.29, 1.82) is 0 Å². The van der Waals surface area contributed by atoms with Gasteiger partial charge >= 0.3 is 0 Å². The van der Waals surface area contributed by atoms with Crippen LogP contribution in [0, 0.1) is 0 Å². The molecule has 1 aliphatic heterocycles. The van der Waals surface area contributed by atoms with Gasteiger partial charge in [-0.25, -0.2) is 13.4 Å². The van der Waals surface area contributed by atoms with E-state index in [2.05, 4.69) is 10.3 Å². The summed E-state index contributed by atoms with van der Waals surface area (Å²) in [4.78, 5) is 4.14. The summed E-state index contributed by atoms with van der Waals surface area (Å²) in [6.07, 6.45) is 2.17. The van der Waals surface area contributed by atoms with Crippen LogP contribution in [0.2, 0.25) is 0 Å². The lowest BCUT2D eigenvalue weighted by Gasteiger charge is -2.16. The molecule has 1 N–H and O–H groups in total. The highest BCUT2D eigenvalue weighted by atomic mass is 32.2. The normalized spacial score (nSPS) is 21.1. The van der Waals surface area contributed by atoms with Crippen LogP contribution >= 0.6 is 0 Å². The third kappa shape index (κ3) is 2.47. The van der Waals surface area contributed by atoms with Gasteiger partial charge in [0, 0.05) is 25.2 Å². The van der Waals surface area contributed by atoms with E-state index >= 15 is 0 Å². The Morgan fingerprint density at radius 3 is 2.78 bits per heavy atom. The van der Waals surface area contributed by atoms with Crippen molar-refractivity contribution >= 4 is 10.0 Å². The lowest BCUT2D eigenvalue weighted by Crippen LogP contribution is -2.33. The van der Waals surface area contributed by atoms with Crippen LogP contribution in [0.3, 0.4) is 0 Å². The molecule has 0 saturated carbocycles. The maximum Gasteiger partial charge on any atom is 0.244 e. The van der Waals surface area contributed by atoms with Crippen LogP contribution in [0.25, 0.3) is 0 Å². The van der Waals surface area contributed by atoms with Crippen molar-refractivity contribution in [2.24, 2.45) is 0 Å². The molecule has 1 fully saturated rings. The van der Waals surface area contributed by atoms with E-state index in [4.69, 9.17) is 4.74 Å². The second-order valence-corrected chi connectivity index (χ2v) is 6.11. The second-order valence-electron chi connectivity index (χ2n) is 4.17. The molecule has 100 valence electrons. The van der Waals surface area contributed by atoms with Crippen molar-refractivity contribution in [3.05, 3.63) is 18.3 Å². The maximum atomic E-state index is 12.3. The van der Waals surface area contributed by atoms with E-state index < -0.39 is 10.0 Å². The first kappa shape index (κ1) is 13.3. The molecule has 0 aliphatic carbocycles. The van der Waals surface area contributed by atoms with E-state index in [9.17, 15) is 8.42 Å². The number of pyridine rings is 1. The molecular formula is C11H17N3O3S. The van der Waals surface area contributed by atoms with Crippen molar-refractivity contribution in [2.45, 2.75) is 17.4 Å². The molecule has 0 amide bonds. The largest absolute Gasteiger partial charge is 0.481 e. The van der Waals surface area contributed by atoms with Crippen molar-refractivity contribution in [3.63, 3.8) is 0 Å². The van der Waals surface area contributed by atoms with Crippen LogP contribution in [0.5, 0.6) is 5.88 Å². The van der Waals surface area contributed by atoms with E-state index in [1.807, 2.05) is 7.05 Å². The Bertz CT molecular complexity index is 501. The first-order valence-corrected chi connectivity index (χ1v) is 7.19. The summed E-state index contributed by atoms with van der Waals surface area (Å²) < 4.78 is 31.0. The Balaban J connectivity index is 2.20. The van der Waals surface area contributed by atoms with Gasteiger partial charge in [-0.2, -0.15) is 4.31 Å². The fourth-order valence-corrected chi connectivity index (χ4v) is 3.42. The first-order chi connectivity index (χ1) is 8.57. The molecule has 1 saturated heterocycles. The van der Waals surface area contributed by atoms with Gasteiger partial charge < -0.3 is 10.1 Å². The number of nitrogens with zero attached hydrogens (tertiary/aromatic N) is 2. The lowest BCUT2D eigenvalue weighted by molar-refractivity contribution is 0.397. The number of sulfonamides is 1. The fourth-order valence-electron chi connectivity index (χ4n) is 1.97. The molecule has 2 heterocycles. The molecule has 1 atom stereocenters. The molecule has 1 aromatic rings. The summed E-state index contributed by atoms with van der Waals surface area (Å²) in [6.45, 7) is 1.05. The molecule has 2 rings (SSSR count). The van der Waals surface area contributed by atoms with Crippen LogP contribution in [0.15, 0.2) is 23.2 Å². The quantitative estimate of drug-likeness (QED) is 0.839. The van der Waals surface area contributed by atoms with Crippen molar-refractivity contribution in [3.8, 4) is 5.88 Å². The van der Waals surface area contributed by atoms with E-state index in [1.54, 1.807) is 6.07 Å². The number of methoxy groups -OCH3 is 1. The minimum Gasteiger partial charge on any atom is -0.481 e. The first-order valence-electron chi connectivity index (χ1n) is 5.75. The monoisotopic (exact) mass is 271 g/mol. The Morgan fingerprint density at radius 2 is 2.28 bits per heavy atom. The lowest BCUT2D eigenvalue weighted by atomic mass is 10.3. The number of rotatable bonds is 4. The molecular weight excluding hydrogens is 254 g/mol. The molecule has 7 heteroatoms. The topological polar surface area (TPSA) is 71.5 Å². The van der Waals surface area contributed by atoms with Gasteiger partial charge in [0.05, 0.1) is 13.3 Å². The summed E-state index contributed by atoms with van der Waals surface area (Å²) in [5.41, 5.74) is 0. The minimum absolute atomic E-state index is 0.208. The van der Waals surface area contributed by atoms with Gasteiger partial charge in [-0.3, -0.25) is 0 Å². The molecule has 1 aliphatic rings. The zero-order chi connectivity index (χ0) is 13.2. The standard InChI is InChI=1S/C11H17N3O3S/c1-12-9-5-6-14(8-9)18(15,16)10-3-4-11(17-2)13-7-10/h3-4,7,9,12H,5-6,8H2,1-2H3. The Morgan fingerprint density at radius 1 is 1.50 bits per heavy atom. The molecule has 1 unspecified atom stereocenters. The molecule has 0 spiro atoms. The maximum absolute atomic E-state index is 12.3. The van der Waals surface area contributed by atoms with Crippen LogP contribution in [0.4, 0.5) is 0 Å². The van der Waals surface area contributed by atoms with E-state index in [0.29, 0.717) is 19.0 Å². The summed E-state index contributed by atoms with van der Waals surface area (Å²) in [6, 6.07) is 3.30. The molecule has 0 radical (unpaired) electrons. The van der Waals surface area contributed by atoms with Crippen LogP contribution < -0.4 is 10.1 Å². The van der Waals surface area contributed by atoms with E-state index in [0.717, 1.165) is 6.42 Å². The van der Waals surface area contributed by atoms with Gasteiger partial charge in [-0.05, 0) is 19.5 Å². The summed E-state index contributed by atoms with van der Waals surface area (Å²) >= 11 is 0. The van der Waals surface area contributed by atoms with Crippen molar-refractivity contribution < 1.29 is 13.2 Å². The van der Waals surface area contributed by atoms with Crippen LogP contribution in [-0.4, -0.2) is 51.0 Å². The Kier molecular flexibility index (Phi) is 3.84. The predicted molar refractivity (Wildman–Crippen MR) is 67.0 cm³/mol. The average Bonchev–Trinajstić information content (AvgIpc) is 2.88. The molecule has 6 nitrogen and oxygen atoms in total. The van der Waals surface area contributed by atoms with E-state index in [1.165, 1.54) is 23.7 Å². The van der Waals surface area contributed by atoms with Crippen LogP contribution in [0.1, 0.15) is 6.42 Å². The highest BCUT2D eigenvalue weighted by Crippen LogP contribution is 2.21. The van der Waals surface area contributed by atoms with Gasteiger partial charge in [-0.15, -0.1) is 0 Å². The van der Waals surface area contributed by atoms with Gasteiger partial charge in [0.15, 0.2) is 0 Å². The summed E-state index contributed by atoms with van der Waals surface area (Å²) in [7, 11) is -0.0939. The summed E-state index contributed by atoms with van der Waals surface area (Å²) in [5.74, 6) is 0.406. The third-order valence-electron chi connectivity index (χ3n) is 3.12. The average molecular weight is 271 g/mol. The third-order valence-corrected chi connectivity index (χ3v) is 4.96. The summed E-state index contributed by atoms with van der Waals surface area (Å²) in [5, 5.41) is 3.09. The number of nitrogens with one attached hydrogen (secondary N) is 1. The van der Waals surface area contributed by atoms with Gasteiger partial charge in [0.1, 0.15) is 4.90 Å². The van der Waals surface area contributed by atoms with Crippen molar-refractivity contribution in [1.82, 2.24) is 14.6 Å². The predicted octanol–water partition coefficient (Wildman–Crippen LogP) is 0.0726. The van der Waals surface area contributed by atoms with Crippen molar-refractivity contribution in [2.75, 3.05) is 27.2 Å². The number of hydrogen-bond acceptors (Lipinski definition) is 5. The number of aromatic nitrogens is 1. The zero-order valence-corrected chi connectivity index (χ0v) is 11.3. The number of hydrogen-bond donors (Lipinski definition) is 1. The highest BCUT2D eigenvalue weighted by Gasteiger charge is 2.31.